The summed E-state index contributed by atoms with van der Waals surface area (Å²) in [5.41, 5.74) is 2.50. The van der Waals surface area contributed by atoms with Crippen LogP contribution in [0.5, 0.6) is 0 Å². The predicted octanol–water partition coefficient (Wildman–Crippen LogP) is 3.73. The Hall–Kier alpha value is -2.30. The Kier molecular flexibility index (Phi) is 6.01. The average molecular weight is 330 g/mol. The summed E-state index contributed by atoms with van der Waals surface area (Å²) in [5, 5.41) is 13.0. The quantitative estimate of drug-likeness (QED) is 0.774. The number of nitrogens with zero attached hydrogens (tertiary/aromatic N) is 1. The highest BCUT2D eigenvalue weighted by Gasteiger charge is 2.24. The zero-order valence-electron chi connectivity index (χ0n) is 14.6. The molecule has 2 rings (SSSR count). The number of amides is 1. The maximum atomic E-state index is 12.8. The topological polar surface area (TPSA) is 71.3 Å². The fourth-order valence-electron chi connectivity index (χ4n) is 3.09. The molecule has 5 heteroatoms. The van der Waals surface area contributed by atoms with E-state index in [0.717, 1.165) is 35.9 Å². The van der Waals surface area contributed by atoms with Crippen LogP contribution in [0.3, 0.4) is 0 Å². The van der Waals surface area contributed by atoms with Gasteiger partial charge in [0.1, 0.15) is 11.7 Å². The minimum absolute atomic E-state index is 0.305. The van der Waals surface area contributed by atoms with Crippen LogP contribution >= 0.6 is 0 Å². The number of carboxylic acid groups (broad SMARTS) is 1. The molecule has 0 aliphatic rings. The summed E-state index contributed by atoms with van der Waals surface area (Å²) in [4.78, 5) is 24.2. The van der Waals surface area contributed by atoms with Crippen molar-refractivity contribution in [3.05, 3.63) is 35.5 Å². The van der Waals surface area contributed by atoms with E-state index >= 15 is 0 Å². The highest BCUT2D eigenvalue weighted by atomic mass is 16.4. The molecule has 0 saturated carbocycles. The van der Waals surface area contributed by atoms with Crippen LogP contribution in [0.15, 0.2) is 24.3 Å². The predicted molar refractivity (Wildman–Crippen MR) is 95.4 cm³/mol. The molecular formula is C19H26N2O3. The first-order valence-corrected chi connectivity index (χ1v) is 8.62. The van der Waals surface area contributed by atoms with E-state index in [1.807, 2.05) is 42.7 Å². The van der Waals surface area contributed by atoms with Crippen LogP contribution in [0.25, 0.3) is 10.9 Å². The summed E-state index contributed by atoms with van der Waals surface area (Å²) < 4.78 is 2.02. The van der Waals surface area contributed by atoms with Crippen molar-refractivity contribution in [2.45, 2.75) is 59.0 Å². The first kappa shape index (κ1) is 18.0. The lowest BCUT2D eigenvalue weighted by molar-refractivity contribution is -0.139. The Balaban J connectivity index is 2.43. The lowest BCUT2D eigenvalue weighted by Gasteiger charge is -2.16. The average Bonchev–Trinajstić information content (AvgIpc) is 2.85. The molecule has 1 unspecified atom stereocenters. The molecule has 1 aromatic heterocycles. The van der Waals surface area contributed by atoms with Crippen molar-refractivity contribution < 1.29 is 14.7 Å². The van der Waals surface area contributed by atoms with Gasteiger partial charge in [0.25, 0.3) is 5.91 Å². The van der Waals surface area contributed by atoms with E-state index in [1.165, 1.54) is 0 Å². The monoisotopic (exact) mass is 330 g/mol. The fraction of sp³-hybridized carbons (Fsp3) is 0.474. The van der Waals surface area contributed by atoms with E-state index in [1.54, 1.807) is 0 Å². The van der Waals surface area contributed by atoms with Gasteiger partial charge >= 0.3 is 5.97 Å². The lowest BCUT2D eigenvalue weighted by Crippen LogP contribution is -2.41. The van der Waals surface area contributed by atoms with Gasteiger partial charge in [-0.25, -0.2) is 4.79 Å². The highest BCUT2D eigenvalue weighted by molar-refractivity contribution is 6.02. The minimum atomic E-state index is -0.987. The molecule has 24 heavy (non-hydrogen) atoms. The number of aryl methyl sites for hydroxylation is 2. The molecule has 1 heterocycles. The molecule has 0 fully saturated rings. The molecule has 2 aromatic rings. The standard InChI is InChI=1S/C19H26N2O3/c1-4-6-12-21-16-11-8-7-10-14(16)13(3)17(21)18(22)20-15(9-5-2)19(23)24/h7-8,10-11,15H,4-6,9,12H2,1-3H3,(H,20,22)(H,23,24). The molecule has 0 aliphatic heterocycles. The van der Waals surface area contributed by atoms with E-state index in [0.29, 0.717) is 18.5 Å². The number of unbranched alkanes of at least 4 members (excludes halogenated alkanes) is 1. The fourth-order valence-corrected chi connectivity index (χ4v) is 3.09. The number of nitrogens with one attached hydrogen (secondary N) is 1. The van der Waals surface area contributed by atoms with Gasteiger partial charge in [-0.1, -0.05) is 44.9 Å². The van der Waals surface area contributed by atoms with Crippen LogP contribution in [0.1, 0.15) is 55.6 Å². The van der Waals surface area contributed by atoms with Gasteiger partial charge in [-0.05, 0) is 31.4 Å². The second-order valence-corrected chi connectivity index (χ2v) is 6.15. The highest BCUT2D eigenvalue weighted by Crippen LogP contribution is 2.26. The summed E-state index contributed by atoms with van der Waals surface area (Å²) in [7, 11) is 0. The van der Waals surface area contributed by atoms with Gasteiger partial charge in [0, 0.05) is 17.4 Å². The number of carbonyl (C=O) groups excluding carboxylic acids is 1. The molecular weight excluding hydrogens is 304 g/mol. The van der Waals surface area contributed by atoms with Crippen molar-refractivity contribution in [2.24, 2.45) is 0 Å². The second kappa shape index (κ2) is 7.99. The zero-order chi connectivity index (χ0) is 17.7. The Morgan fingerprint density at radius 2 is 1.92 bits per heavy atom. The number of fused-ring (bicyclic) bond motifs is 1. The summed E-state index contributed by atoms with van der Waals surface area (Å²) >= 11 is 0. The third kappa shape index (κ3) is 3.61. The van der Waals surface area contributed by atoms with Crippen LogP contribution in [-0.4, -0.2) is 27.6 Å². The molecule has 1 amide bonds. The van der Waals surface area contributed by atoms with E-state index in [2.05, 4.69) is 12.2 Å². The van der Waals surface area contributed by atoms with Crippen molar-refractivity contribution in [1.82, 2.24) is 9.88 Å². The van der Waals surface area contributed by atoms with Gasteiger partial charge in [-0.3, -0.25) is 4.79 Å². The largest absolute Gasteiger partial charge is 0.480 e. The van der Waals surface area contributed by atoms with Gasteiger partial charge in [0.05, 0.1) is 0 Å². The first-order valence-electron chi connectivity index (χ1n) is 8.62. The maximum absolute atomic E-state index is 12.8. The summed E-state index contributed by atoms with van der Waals surface area (Å²) in [6.07, 6.45) is 3.13. The van der Waals surface area contributed by atoms with E-state index < -0.39 is 12.0 Å². The van der Waals surface area contributed by atoms with Crippen LogP contribution in [-0.2, 0) is 11.3 Å². The number of para-hydroxylation sites is 1. The first-order chi connectivity index (χ1) is 11.5. The maximum Gasteiger partial charge on any atom is 0.326 e. The molecule has 0 spiro atoms. The van der Waals surface area contributed by atoms with Gasteiger partial charge < -0.3 is 15.0 Å². The van der Waals surface area contributed by atoms with E-state index in [4.69, 9.17) is 0 Å². The van der Waals surface area contributed by atoms with E-state index in [-0.39, 0.29) is 5.91 Å². The molecule has 1 atom stereocenters. The number of aromatic nitrogens is 1. The Morgan fingerprint density at radius 1 is 1.21 bits per heavy atom. The van der Waals surface area contributed by atoms with Crippen LogP contribution in [0, 0.1) is 6.92 Å². The molecule has 2 N–H and O–H groups in total. The number of aliphatic carboxylic acids is 1. The zero-order valence-corrected chi connectivity index (χ0v) is 14.6. The molecule has 5 nitrogen and oxygen atoms in total. The van der Waals surface area contributed by atoms with Gasteiger partial charge in [0.2, 0.25) is 0 Å². The van der Waals surface area contributed by atoms with Crippen molar-refractivity contribution in [1.29, 1.82) is 0 Å². The Labute approximate surface area is 142 Å². The molecule has 0 bridgehead atoms. The summed E-state index contributed by atoms with van der Waals surface area (Å²) in [6.45, 7) is 6.69. The molecule has 0 radical (unpaired) electrons. The SMILES string of the molecule is CCCCn1c(C(=O)NC(CCC)C(=O)O)c(C)c2ccccc21. The smallest absolute Gasteiger partial charge is 0.326 e. The summed E-state index contributed by atoms with van der Waals surface area (Å²) in [6, 6.07) is 7.08. The van der Waals surface area contributed by atoms with Gasteiger partial charge in [0.15, 0.2) is 0 Å². The minimum Gasteiger partial charge on any atom is -0.480 e. The van der Waals surface area contributed by atoms with Gasteiger partial charge in [-0.15, -0.1) is 0 Å². The van der Waals surface area contributed by atoms with Crippen LogP contribution in [0.2, 0.25) is 0 Å². The number of hydrogen-bond donors (Lipinski definition) is 2. The summed E-state index contributed by atoms with van der Waals surface area (Å²) in [5.74, 6) is -1.29. The van der Waals surface area contributed by atoms with E-state index in [9.17, 15) is 14.7 Å². The van der Waals surface area contributed by atoms with Crippen LogP contribution < -0.4 is 5.32 Å². The number of carboxylic acids is 1. The molecule has 130 valence electrons. The molecule has 0 saturated heterocycles. The number of rotatable bonds is 8. The third-order valence-electron chi connectivity index (χ3n) is 4.36. The number of carbonyl (C=O) groups is 2. The normalized spacial score (nSPS) is 12.3. The number of hydrogen-bond acceptors (Lipinski definition) is 2. The molecule has 1 aromatic carbocycles. The van der Waals surface area contributed by atoms with Gasteiger partial charge in [-0.2, -0.15) is 0 Å². The molecule has 0 aliphatic carbocycles. The Morgan fingerprint density at radius 3 is 2.54 bits per heavy atom. The lowest BCUT2D eigenvalue weighted by atomic mass is 10.1. The van der Waals surface area contributed by atoms with Crippen LogP contribution in [0.4, 0.5) is 0 Å². The third-order valence-corrected chi connectivity index (χ3v) is 4.36. The van der Waals surface area contributed by atoms with Crippen molar-refractivity contribution in [3.63, 3.8) is 0 Å². The van der Waals surface area contributed by atoms with Crippen molar-refractivity contribution >= 4 is 22.8 Å². The van der Waals surface area contributed by atoms with Crippen molar-refractivity contribution in [3.8, 4) is 0 Å². The number of benzene rings is 1. The Bertz CT molecular complexity index is 734. The van der Waals surface area contributed by atoms with Crippen molar-refractivity contribution in [2.75, 3.05) is 0 Å². The second-order valence-electron chi connectivity index (χ2n) is 6.15.